The van der Waals surface area contributed by atoms with E-state index in [1.165, 1.54) is 49.4 Å². The summed E-state index contributed by atoms with van der Waals surface area (Å²) in [5.41, 5.74) is 1.68. The molecule has 3 heterocycles. The third-order valence-corrected chi connectivity index (χ3v) is 4.96. The number of aromatic nitrogens is 4. The second-order valence-corrected chi connectivity index (χ2v) is 7.36. The first-order chi connectivity index (χ1) is 14.0. The van der Waals surface area contributed by atoms with Gasteiger partial charge in [0.15, 0.2) is 16.7 Å². The van der Waals surface area contributed by atoms with Crippen molar-refractivity contribution < 1.29 is 13.6 Å². The third kappa shape index (κ3) is 4.33. The van der Waals surface area contributed by atoms with Crippen molar-refractivity contribution in [2.24, 2.45) is 0 Å². The monoisotopic (exact) mass is 426 g/mol. The molecule has 0 saturated heterocycles. The summed E-state index contributed by atoms with van der Waals surface area (Å²) in [4.78, 5) is 28.4. The number of rotatable bonds is 5. The van der Waals surface area contributed by atoms with Crippen molar-refractivity contribution in [1.29, 1.82) is 0 Å². The number of halogens is 2. The fourth-order valence-corrected chi connectivity index (χ4v) is 3.35. The topological polar surface area (TPSA) is 81.8 Å². The summed E-state index contributed by atoms with van der Waals surface area (Å²) in [6, 6.07) is 9.30. The number of pyridine rings is 1. The zero-order valence-corrected chi connectivity index (χ0v) is 16.5. The number of nitrogens with zero attached hydrogens (tertiary/aromatic N) is 4. The number of ketones is 1. The van der Waals surface area contributed by atoms with Crippen LogP contribution in [0.25, 0.3) is 22.7 Å². The van der Waals surface area contributed by atoms with Gasteiger partial charge in [0, 0.05) is 36.6 Å². The standard InChI is InChI=1S/C20H12ClFN4O2S/c1-11(27)18-24-8-13(9-25-18)17-20(29-16-7-4-14(21)10-23-16)28-19(26-17)12-2-5-15(22)6-3-12/h2-10H,1H3. The lowest BCUT2D eigenvalue weighted by Crippen LogP contribution is -2.00. The van der Waals surface area contributed by atoms with Crippen molar-refractivity contribution in [2.75, 3.05) is 0 Å². The van der Waals surface area contributed by atoms with Crippen molar-refractivity contribution in [2.45, 2.75) is 17.0 Å². The average Bonchev–Trinajstić information content (AvgIpc) is 3.14. The number of benzene rings is 1. The van der Waals surface area contributed by atoms with Crippen LogP contribution in [0.4, 0.5) is 4.39 Å². The van der Waals surface area contributed by atoms with E-state index in [2.05, 4.69) is 19.9 Å². The Balaban J connectivity index is 1.77. The molecule has 0 radical (unpaired) electrons. The maximum atomic E-state index is 13.3. The van der Waals surface area contributed by atoms with Crippen LogP contribution in [0.3, 0.4) is 0 Å². The molecular weight excluding hydrogens is 415 g/mol. The van der Waals surface area contributed by atoms with Crippen molar-refractivity contribution in [3.8, 4) is 22.7 Å². The van der Waals surface area contributed by atoms with Gasteiger partial charge in [-0.05, 0) is 48.2 Å². The van der Waals surface area contributed by atoms with Crippen LogP contribution >= 0.6 is 23.4 Å². The Hall–Kier alpha value is -3.10. The fourth-order valence-electron chi connectivity index (χ4n) is 2.42. The molecule has 6 nitrogen and oxygen atoms in total. The maximum Gasteiger partial charge on any atom is 0.228 e. The lowest BCUT2D eigenvalue weighted by atomic mass is 10.2. The van der Waals surface area contributed by atoms with Crippen molar-refractivity contribution >= 4 is 29.1 Å². The largest absolute Gasteiger partial charge is 0.429 e. The number of Topliss-reactive ketones (excluding diaryl/α,β-unsaturated/α-hetero) is 1. The van der Waals surface area contributed by atoms with Crippen LogP contribution in [0.5, 0.6) is 0 Å². The van der Waals surface area contributed by atoms with Gasteiger partial charge in [-0.2, -0.15) is 0 Å². The molecule has 0 unspecified atom stereocenters. The first-order valence-corrected chi connectivity index (χ1v) is 9.58. The highest BCUT2D eigenvalue weighted by Gasteiger charge is 2.19. The lowest BCUT2D eigenvalue weighted by Gasteiger charge is -2.01. The Morgan fingerprint density at radius 2 is 1.72 bits per heavy atom. The van der Waals surface area contributed by atoms with E-state index in [9.17, 15) is 9.18 Å². The Morgan fingerprint density at radius 3 is 2.34 bits per heavy atom. The molecule has 0 atom stereocenters. The minimum Gasteiger partial charge on any atom is -0.429 e. The average molecular weight is 427 g/mol. The summed E-state index contributed by atoms with van der Waals surface area (Å²) in [7, 11) is 0. The molecule has 1 aromatic carbocycles. The first-order valence-electron chi connectivity index (χ1n) is 8.39. The molecule has 4 aromatic rings. The zero-order valence-electron chi connectivity index (χ0n) is 15.0. The normalized spacial score (nSPS) is 10.9. The van der Waals surface area contributed by atoms with Gasteiger partial charge in [0.2, 0.25) is 5.89 Å². The summed E-state index contributed by atoms with van der Waals surface area (Å²) in [5.74, 6) is -0.158. The van der Waals surface area contributed by atoms with E-state index in [0.29, 0.717) is 37.9 Å². The van der Waals surface area contributed by atoms with Gasteiger partial charge in [-0.3, -0.25) is 4.79 Å². The van der Waals surface area contributed by atoms with Gasteiger partial charge >= 0.3 is 0 Å². The van der Waals surface area contributed by atoms with E-state index < -0.39 is 0 Å². The minimum atomic E-state index is -0.353. The summed E-state index contributed by atoms with van der Waals surface area (Å²) in [6.45, 7) is 1.39. The predicted octanol–water partition coefficient (Wildman–Crippen LogP) is 5.34. The smallest absolute Gasteiger partial charge is 0.228 e. The molecule has 0 saturated carbocycles. The molecule has 9 heteroatoms. The van der Waals surface area contributed by atoms with E-state index in [4.69, 9.17) is 16.0 Å². The summed E-state index contributed by atoms with van der Waals surface area (Å²) in [5, 5.41) is 1.63. The van der Waals surface area contributed by atoms with E-state index in [1.54, 1.807) is 24.3 Å². The molecule has 3 aromatic heterocycles. The molecule has 29 heavy (non-hydrogen) atoms. The molecule has 0 N–H and O–H groups in total. The summed E-state index contributed by atoms with van der Waals surface area (Å²) in [6.07, 6.45) is 4.55. The molecule has 4 rings (SSSR count). The first kappa shape index (κ1) is 19.2. The quantitative estimate of drug-likeness (QED) is 0.398. The van der Waals surface area contributed by atoms with E-state index in [-0.39, 0.29) is 17.4 Å². The fraction of sp³-hybridized carbons (Fsp3) is 0.0500. The highest BCUT2D eigenvalue weighted by atomic mass is 35.5. The number of hydrogen-bond acceptors (Lipinski definition) is 7. The van der Waals surface area contributed by atoms with E-state index in [0.717, 1.165) is 0 Å². The number of carbonyl (C=O) groups excluding carboxylic acids is 1. The Morgan fingerprint density at radius 1 is 1.00 bits per heavy atom. The van der Waals surface area contributed by atoms with Gasteiger partial charge < -0.3 is 4.42 Å². The SMILES string of the molecule is CC(=O)c1ncc(-c2nc(-c3ccc(F)cc3)oc2Sc2ccc(Cl)cn2)cn1. The van der Waals surface area contributed by atoms with Crippen LogP contribution in [0.2, 0.25) is 5.02 Å². The third-order valence-electron chi connectivity index (χ3n) is 3.82. The lowest BCUT2D eigenvalue weighted by molar-refractivity contribution is 0.100. The Kier molecular flexibility index (Phi) is 5.37. The zero-order chi connectivity index (χ0) is 20.4. The van der Waals surface area contributed by atoms with Crippen LogP contribution < -0.4 is 0 Å². The van der Waals surface area contributed by atoms with Crippen LogP contribution in [-0.2, 0) is 0 Å². The molecule has 0 bridgehead atoms. The van der Waals surface area contributed by atoms with Crippen molar-refractivity contribution in [1.82, 2.24) is 19.9 Å². The Bertz CT molecular complexity index is 1160. The van der Waals surface area contributed by atoms with Gasteiger partial charge in [0.1, 0.15) is 16.5 Å². The van der Waals surface area contributed by atoms with Gasteiger partial charge in [0.05, 0.1) is 5.02 Å². The van der Waals surface area contributed by atoms with Crippen LogP contribution in [0, 0.1) is 5.82 Å². The maximum absolute atomic E-state index is 13.3. The second-order valence-electron chi connectivity index (χ2n) is 5.93. The van der Waals surface area contributed by atoms with Gasteiger partial charge in [-0.15, -0.1) is 0 Å². The van der Waals surface area contributed by atoms with Gasteiger partial charge in [-0.1, -0.05) is 11.6 Å². The van der Waals surface area contributed by atoms with Gasteiger partial charge in [-0.25, -0.2) is 24.3 Å². The highest BCUT2D eigenvalue weighted by molar-refractivity contribution is 7.99. The van der Waals surface area contributed by atoms with Crippen LogP contribution in [-0.4, -0.2) is 25.7 Å². The Labute approximate surface area is 174 Å². The second kappa shape index (κ2) is 8.10. The van der Waals surface area contributed by atoms with Crippen LogP contribution in [0.15, 0.2) is 69.5 Å². The van der Waals surface area contributed by atoms with Crippen molar-refractivity contribution in [3.05, 3.63) is 71.7 Å². The number of carbonyl (C=O) groups is 1. The predicted molar refractivity (Wildman–Crippen MR) is 106 cm³/mol. The van der Waals surface area contributed by atoms with E-state index in [1.807, 2.05) is 0 Å². The van der Waals surface area contributed by atoms with E-state index >= 15 is 0 Å². The summed E-state index contributed by atoms with van der Waals surface area (Å²) < 4.78 is 19.2. The molecule has 0 spiro atoms. The summed E-state index contributed by atoms with van der Waals surface area (Å²) >= 11 is 7.15. The molecule has 0 aliphatic heterocycles. The van der Waals surface area contributed by atoms with Gasteiger partial charge in [0.25, 0.3) is 0 Å². The molecule has 0 aliphatic rings. The number of hydrogen-bond donors (Lipinski definition) is 0. The molecule has 0 fully saturated rings. The molecule has 0 aliphatic carbocycles. The van der Waals surface area contributed by atoms with Crippen LogP contribution in [0.1, 0.15) is 17.5 Å². The highest BCUT2D eigenvalue weighted by Crippen LogP contribution is 2.38. The number of oxazole rings is 1. The minimum absolute atomic E-state index is 0.115. The molecule has 144 valence electrons. The molecule has 0 amide bonds. The molecular formula is C20H12ClFN4O2S. The van der Waals surface area contributed by atoms with Crippen molar-refractivity contribution in [3.63, 3.8) is 0 Å².